The van der Waals surface area contributed by atoms with Gasteiger partial charge in [-0.3, -0.25) is 0 Å². The average molecular weight is 334 g/mol. The molecule has 0 N–H and O–H groups in total. The fourth-order valence-corrected chi connectivity index (χ4v) is 3.55. The van der Waals surface area contributed by atoms with Gasteiger partial charge in [0.15, 0.2) is 11.6 Å². The van der Waals surface area contributed by atoms with Crippen molar-refractivity contribution >= 4 is 16.1 Å². The molecule has 0 aromatic heterocycles. The van der Waals surface area contributed by atoms with Crippen molar-refractivity contribution < 1.29 is 26.7 Å². The molecule has 1 fully saturated rings. The zero-order valence-corrected chi connectivity index (χ0v) is 12.8. The van der Waals surface area contributed by atoms with E-state index >= 15 is 0 Å². The van der Waals surface area contributed by atoms with Gasteiger partial charge < -0.3 is 9.64 Å². The molecule has 0 spiro atoms. The fourth-order valence-electron chi connectivity index (χ4n) is 2.11. The monoisotopic (exact) mass is 334 g/mol. The average Bonchev–Trinajstić information content (AvgIpc) is 2.50. The van der Waals surface area contributed by atoms with Crippen LogP contribution in [0.2, 0.25) is 0 Å². The van der Waals surface area contributed by atoms with E-state index in [0.29, 0.717) is 6.07 Å². The molecule has 0 bridgehead atoms. The highest BCUT2D eigenvalue weighted by molar-refractivity contribution is 7.89. The third kappa shape index (κ3) is 3.36. The molecule has 1 aliphatic rings. The first-order valence-corrected chi connectivity index (χ1v) is 8.17. The maximum atomic E-state index is 13.2. The van der Waals surface area contributed by atoms with Crippen molar-refractivity contribution in [3.05, 3.63) is 29.8 Å². The van der Waals surface area contributed by atoms with Crippen LogP contribution in [0.5, 0.6) is 0 Å². The van der Waals surface area contributed by atoms with Crippen molar-refractivity contribution in [2.45, 2.75) is 11.8 Å². The van der Waals surface area contributed by atoms with Crippen molar-refractivity contribution in [1.82, 2.24) is 9.21 Å². The van der Waals surface area contributed by atoms with E-state index in [0.717, 1.165) is 16.4 Å². The largest absolute Gasteiger partial charge is 0.450 e. The first-order chi connectivity index (χ1) is 10.4. The van der Waals surface area contributed by atoms with E-state index in [1.165, 1.54) is 4.90 Å². The summed E-state index contributed by atoms with van der Waals surface area (Å²) in [5.74, 6) is -2.32. The second kappa shape index (κ2) is 6.57. The van der Waals surface area contributed by atoms with Gasteiger partial charge in [0, 0.05) is 26.2 Å². The summed E-state index contributed by atoms with van der Waals surface area (Å²) in [5.41, 5.74) is 0. The second-order valence-corrected chi connectivity index (χ2v) is 6.60. The molecule has 2 rings (SSSR count). The molecule has 1 aromatic carbocycles. The normalized spacial score (nSPS) is 16.6. The lowest BCUT2D eigenvalue weighted by atomic mass is 10.3. The maximum absolute atomic E-state index is 13.2. The van der Waals surface area contributed by atoms with Crippen LogP contribution in [0.25, 0.3) is 0 Å². The second-order valence-electron chi connectivity index (χ2n) is 4.67. The van der Waals surface area contributed by atoms with Gasteiger partial charge in [-0.1, -0.05) is 0 Å². The fraction of sp³-hybridized carbons (Fsp3) is 0.462. The van der Waals surface area contributed by atoms with Gasteiger partial charge in [0.25, 0.3) is 0 Å². The Morgan fingerprint density at radius 2 is 1.82 bits per heavy atom. The van der Waals surface area contributed by atoms with Crippen LogP contribution in [0.1, 0.15) is 6.92 Å². The summed E-state index contributed by atoms with van der Waals surface area (Å²) in [6.45, 7) is 2.43. The van der Waals surface area contributed by atoms with Crippen molar-refractivity contribution in [3.63, 3.8) is 0 Å². The maximum Gasteiger partial charge on any atom is 0.409 e. The Bertz CT molecular complexity index is 658. The van der Waals surface area contributed by atoms with Gasteiger partial charge in [-0.25, -0.2) is 22.0 Å². The zero-order valence-electron chi connectivity index (χ0n) is 12.0. The molecule has 0 saturated carbocycles. The Balaban J connectivity index is 2.09. The molecule has 1 aromatic rings. The van der Waals surface area contributed by atoms with Gasteiger partial charge in [0.1, 0.15) is 0 Å². The molecular weight excluding hydrogens is 318 g/mol. The van der Waals surface area contributed by atoms with Crippen LogP contribution < -0.4 is 0 Å². The van der Waals surface area contributed by atoms with Crippen molar-refractivity contribution in [3.8, 4) is 0 Å². The van der Waals surface area contributed by atoms with E-state index < -0.39 is 27.8 Å². The Morgan fingerprint density at radius 3 is 2.36 bits per heavy atom. The summed E-state index contributed by atoms with van der Waals surface area (Å²) < 4.78 is 56.8. The number of nitrogens with zero attached hydrogens (tertiary/aromatic N) is 2. The third-order valence-electron chi connectivity index (χ3n) is 3.29. The van der Waals surface area contributed by atoms with Gasteiger partial charge in [-0.05, 0) is 25.1 Å². The summed E-state index contributed by atoms with van der Waals surface area (Å²) >= 11 is 0. The van der Waals surface area contributed by atoms with Crippen LogP contribution in [-0.4, -0.2) is 56.5 Å². The number of rotatable bonds is 3. The number of carbonyl (C=O) groups is 1. The molecule has 122 valence electrons. The summed E-state index contributed by atoms with van der Waals surface area (Å²) in [7, 11) is -3.91. The molecule has 0 radical (unpaired) electrons. The molecule has 0 aliphatic carbocycles. The molecule has 1 saturated heterocycles. The molecule has 22 heavy (non-hydrogen) atoms. The van der Waals surface area contributed by atoms with Crippen LogP contribution in [0.3, 0.4) is 0 Å². The summed E-state index contributed by atoms with van der Waals surface area (Å²) in [6.07, 6.45) is -0.493. The van der Waals surface area contributed by atoms with E-state index in [1.54, 1.807) is 6.92 Å². The van der Waals surface area contributed by atoms with Crippen LogP contribution in [-0.2, 0) is 14.8 Å². The van der Waals surface area contributed by atoms with Crippen LogP contribution >= 0.6 is 0 Å². The highest BCUT2D eigenvalue weighted by Gasteiger charge is 2.31. The first-order valence-electron chi connectivity index (χ1n) is 6.73. The minimum atomic E-state index is -3.91. The molecular formula is C13H16F2N2O4S. The van der Waals surface area contributed by atoms with Crippen LogP contribution in [0.15, 0.2) is 23.1 Å². The van der Waals surface area contributed by atoms with E-state index in [2.05, 4.69) is 0 Å². The number of halogens is 2. The standard InChI is InChI=1S/C13H16F2N2O4S/c1-2-21-13(18)16-5-7-17(8-6-16)22(19,20)10-3-4-11(14)12(15)9-10/h3-4,9H,2,5-8H2,1H3. The van der Waals surface area contributed by atoms with Gasteiger partial charge >= 0.3 is 6.09 Å². The number of benzene rings is 1. The van der Waals surface area contributed by atoms with Gasteiger partial charge in [-0.2, -0.15) is 4.31 Å². The van der Waals surface area contributed by atoms with E-state index in [4.69, 9.17) is 4.74 Å². The number of ether oxygens (including phenoxy) is 1. The third-order valence-corrected chi connectivity index (χ3v) is 5.19. The molecule has 0 unspecified atom stereocenters. The minimum Gasteiger partial charge on any atom is -0.450 e. The van der Waals surface area contributed by atoms with Crippen molar-refractivity contribution in [2.24, 2.45) is 0 Å². The Hall–Kier alpha value is -1.74. The molecule has 0 atom stereocenters. The lowest BCUT2D eigenvalue weighted by Gasteiger charge is -2.33. The molecule has 1 heterocycles. The van der Waals surface area contributed by atoms with E-state index in [-0.39, 0.29) is 37.7 Å². The predicted molar refractivity (Wildman–Crippen MR) is 73.7 cm³/mol. The number of carbonyl (C=O) groups excluding carboxylic acids is 1. The SMILES string of the molecule is CCOC(=O)N1CCN(S(=O)(=O)c2ccc(F)c(F)c2)CC1. The van der Waals surface area contributed by atoms with Gasteiger partial charge in [-0.15, -0.1) is 0 Å². The highest BCUT2D eigenvalue weighted by atomic mass is 32.2. The van der Waals surface area contributed by atoms with Crippen molar-refractivity contribution in [2.75, 3.05) is 32.8 Å². The minimum absolute atomic E-state index is 0.0696. The van der Waals surface area contributed by atoms with Crippen LogP contribution in [0.4, 0.5) is 13.6 Å². The predicted octanol–water partition coefficient (Wildman–Crippen LogP) is 1.43. The molecule has 1 aliphatic heterocycles. The van der Waals surface area contributed by atoms with Crippen LogP contribution in [0, 0.1) is 11.6 Å². The van der Waals surface area contributed by atoms with Gasteiger partial charge in [0.05, 0.1) is 11.5 Å². The lowest BCUT2D eigenvalue weighted by molar-refractivity contribution is 0.0934. The Labute approximate surface area is 127 Å². The van der Waals surface area contributed by atoms with E-state index in [1.807, 2.05) is 0 Å². The van der Waals surface area contributed by atoms with E-state index in [9.17, 15) is 22.0 Å². The highest BCUT2D eigenvalue weighted by Crippen LogP contribution is 2.20. The summed E-state index contributed by atoms with van der Waals surface area (Å²) in [5, 5.41) is 0. The summed E-state index contributed by atoms with van der Waals surface area (Å²) in [4.78, 5) is 12.6. The number of sulfonamides is 1. The zero-order chi connectivity index (χ0) is 16.3. The molecule has 1 amide bonds. The Morgan fingerprint density at radius 1 is 1.18 bits per heavy atom. The number of hydrogen-bond acceptors (Lipinski definition) is 4. The number of piperazine rings is 1. The molecule has 9 heteroatoms. The first kappa shape index (κ1) is 16.6. The van der Waals surface area contributed by atoms with Gasteiger partial charge in [0.2, 0.25) is 10.0 Å². The number of hydrogen-bond donors (Lipinski definition) is 0. The van der Waals surface area contributed by atoms with Crippen molar-refractivity contribution in [1.29, 1.82) is 0 Å². The summed E-state index contributed by atoms with van der Waals surface area (Å²) in [6, 6.07) is 2.45. The Kier molecular flexibility index (Phi) is 4.97. The smallest absolute Gasteiger partial charge is 0.409 e. The quantitative estimate of drug-likeness (QED) is 0.839. The number of amides is 1. The topological polar surface area (TPSA) is 66.9 Å². The molecule has 6 nitrogen and oxygen atoms in total. The lowest BCUT2D eigenvalue weighted by Crippen LogP contribution is -2.50.